The minimum absolute atomic E-state index is 0.0468. The number of allylic oxidation sites excluding steroid dienone is 1. The number of ether oxygens (including phenoxy) is 3. The lowest BCUT2D eigenvalue weighted by Crippen LogP contribution is -2.46. The highest BCUT2D eigenvalue weighted by Gasteiger charge is 2.62. The second kappa shape index (κ2) is 13.4. The number of hydrogen-bond donors (Lipinski definition) is 1. The Morgan fingerprint density at radius 1 is 1.17 bits per heavy atom. The van der Waals surface area contributed by atoms with Crippen molar-refractivity contribution in [3.63, 3.8) is 0 Å². The number of rotatable bonds is 12. The van der Waals surface area contributed by atoms with Crippen molar-refractivity contribution < 1.29 is 37.0 Å². The van der Waals surface area contributed by atoms with Gasteiger partial charge in [-0.2, -0.15) is 0 Å². The summed E-state index contributed by atoms with van der Waals surface area (Å²) in [7, 11) is -2.32. The first-order valence-corrected chi connectivity index (χ1v) is 20.0. The third-order valence-electron chi connectivity index (χ3n) is 10.4. The molecule has 2 aliphatic carbocycles. The van der Waals surface area contributed by atoms with E-state index in [1.165, 1.54) is 16.2 Å². The molecule has 1 aliphatic heterocycles. The molecule has 1 N–H and O–H groups in total. The Balaban J connectivity index is 1.31. The van der Waals surface area contributed by atoms with Crippen molar-refractivity contribution >= 4 is 50.0 Å². The van der Waals surface area contributed by atoms with E-state index in [1.54, 1.807) is 40.9 Å². The van der Waals surface area contributed by atoms with Crippen molar-refractivity contribution in [1.82, 2.24) is 19.6 Å². The first-order valence-electron chi connectivity index (χ1n) is 17.6. The molecule has 2 amide bonds. The quantitative estimate of drug-likeness (QED) is 0.198. The fraction of sp³-hybridized carbons (Fsp3) is 0.553. The van der Waals surface area contributed by atoms with Crippen LogP contribution in [0.5, 0.6) is 11.5 Å². The van der Waals surface area contributed by atoms with Crippen LogP contribution in [0.4, 0.5) is 4.79 Å². The summed E-state index contributed by atoms with van der Waals surface area (Å²) in [5, 5.41) is 3.48. The Kier molecular flexibility index (Phi) is 9.73. The molecule has 0 unspecified atom stereocenters. The lowest BCUT2D eigenvalue weighted by molar-refractivity contribution is -0.131. The van der Waals surface area contributed by atoms with Gasteiger partial charge in [-0.15, -0.1) is 17.9 Å². The highest BCUT2D eigenvalue weighted by molar-refractivity contribution is 7.91. The molecule has 0 bridgehead atoms. The fourth-order valence-electron chi connectivity index (χ4n) is 6.77. The van der Waals surface area contributed by atoms with E-state index in [2.05, 4.69) is 25.1 Å². The van der Waals surface area contributed by atoms with Crippen LogP contribution in [0.15, 0.2) is 36.2 Å². The number of carbonyl (C=O) groups is 3. The number of aromatic nitrogens is 2. The molecule has 3 fully saturated rings. The van der Waals surface area contributed by atoms with Gasteiger partial charge in [0, 0.05) is 35.2 Å². The Morgan fingerprint density at radius 3 is 2.46 bits per heavy atom. The second-order valence-electron chi connectivity index (χ2n) is 15.9. The smallest absolute Gasteiger partial charge is 0.411 e. The van der Waals surface area contributed by atoms with E-state index >= 15 is 0 Å². The van der Waals surface area contributed by atoms with Gasteiger partial charge in [0.2, 0.25) is 15.9 Å². The standard InChI is InChI=1S/C38H48N4O8S2/c1-10-23-17-38(23,34(44)41-52(46,47)37(8)13-14-37)18-29(43)28-15-24(19-42(28)35(45)50-36(5,6)7)49-31-16-26(33-40-27(20-51-33)21(2)3)39-32-22(4)30(48-9)12-11-25(31)32/h10-12,16,20-21,23-24,28H,1,13-15,17-19H2,2-9H3,(H,41,44)/t23-,24-,28+,38-/m1/s1. The van der Waals surface area contributed by atoms with E-state index in [9.17, 15) is 22.8 Å². The summed E-state index contributed by atoms with van der Waals surface area (Å²) in [6, 6.07) is 4.58. The summed E-state index contributed by atoms with van der Waals surface area (Å²) in [6.07, 6.45) is 1.36. The summed E-state index contributed by atoms with van der Waals surface area (Å²) in [5.41, 5.74) is 0.970. The normalized spacial score (nSPS) is 23.7. The number of nitrogens with one attached hydrogen (secondary N) is 1. The topological polar surface area (TPSA) is 154 Å². The van der Waals surface area contributed by atoms with Crippen LogP contribution < -0.4 is 14.2 Å². The molecule has 14 heteroatoms. The first-order chi connectivity index (χ1) is 24.3. The van der Waals surface area contributed by atoms with Crippen LogP contribution in [-0.2, 0) is 24.3 Å². The van der Waals surface area contributed by atoms with Gasteiger partial charge < -0.3 is 14.2 Å². The van der Waals surface area contributed by atoms with E-state index in [4.69, 9.17) is 24.2 Å². The molecule has 1 saturated heterocycles. The number of fused-ring (bicyclic) bond motifs is 1. The zero-order valence-electron chi connectivity index (χ0n) is 31.1. The van der Waals surface area contributed by atoms with E-state index < -0.39 is 49.9 Å². The second-order valence-corrected chi connectivity index (χ2v) is 18.9. The maximum atomic E-state index is 14.2. The van der Waals surface area contributed by atoms with Crippen molar-refractivity contribution in [2.75, 3.05) is 13.7 Å². The number of sulfonamides is 1. The molecule has 4 atom stereocenters. The van der Waals surface area contributed by atoms with Crippen LogP contribution in [0.1, 0.15) is 90.8 Å². The van der Waals surface area contributed by atoms with E-state index in [-0.39, 0.29) is 43.4 Å². The number of ketones is 1. The van der Waals surface area contributed by atoms with Gasteiger partial charge >= 0.3 is 6.09 Å². The Hall–Kier alpha value is -4.04. The SMILES string of the molecule is C=C[C@@H]1C[C@]1(CC(=O)[C@@H]1C[C@@H](Oc2cc(-c3nc(C(C)C)cs3)nc3c(C)c(OC)ccc23)CN1C(=O)OC(C)(C)C)C(=O)NS(=O)(=O)C1(C)CC1. The number of aryl methyl sites for hydroxylation is 1. The largest absolute Gasteiger partial charge is 0.496 e. The maximum Gasteiger partial charge on any atom is 0.411 e. The number of thiazole rings is 1. The Labute approximate surface area is 309 Å². The minimum Gasteiger partial charge on any atom is -0.496 e. The Bertz CT molecular complexity index is 2050. The fourth-order valence-corrected chi connectivity index (χ4v) is 9.05. The summed E-state index contributed by atoms with van der Waals surface area (Å²) in [5.74, 6) is -0.0519. The zero-order chi connectivity index (χ0) is 38.0. The molecule has 3 heterocycles. The molecule has 12 nitrogen and oxygen atoms in total. The number of carbonyl (C=O) groups excluding carboxylic acids is 3. The van der Waals surface area contributed by atoms with Gasteiger partial charge in [0.25, 0.3) is 0 Å². The van der Waals surface area contributed by atoms with Crippen molar-refractivity contribution in [3.05, 3.63) is 47.5 Å². The lowest BCUT2D eigenvalue weighted by atomic mass is 9.91. The average Bonchev–Trinajstić information content (AvgIpc) is 3.84. The highest BCUT2D eigenvalue weighted by atomic mass is 32.2. The van der Waals surface area contributed by atoms with Crippen LogP contribution >= 0.6 is 11.3 Å². The molecule has 52 heavy (non-hydrogen) atoms. The number of likely N-dealkylation sites (tertiary alicyclic amines) is 1. The molecule has 3 aliphatic rings. The van der Waals surface area contributed by atoms with Gasteiger partial charge in [0.1, 0.15) is 33.9 Å². The van der Waals surface area contributed by atoms with Gasteiger partial charge in [-0.25, -0.2) is 23.2 Å². The van der Waals surface area contributed by atoms with Crippen molar-refractivity contribution in [2.45, 2.75) is 109 Å². The molecular weight excluding hydrogens is 705 g/mol. The molecular formula is C38H48N4O8S2. The molecule has 2 saturated carbocycles. The van der Waals surface area contributed by atoms with Gasteiger partial charge in [-0.3, -0.25) is 19.2 Å². The predicted molar refractivity (Wildman–Crippen MR) is 199 cm³/mol. The molecule has 2 aromatic heterocycles. The van der Waals surface area contributed by atoms with Gasteiger partial charge in [0.15, 0.2) is 5.78 Å². The van der Waals surface area contributed by atoms with Gasteiger partial charge in [-0.1, -0.05) is 19.9 Å². The summed E-state index contributed by atoms with van der Waals surface area (Å²) >= 11 is 1.49. The maximum absolute atomic E-state index is 14.2. The zero-order valence-corrected chi connectivity index (χ0v) is 32.7. The van der Waals surface area contributed by atoms with Crippen molar-refractivity contribution in [1.29, 1.82) is 0 Å². The van der Waals surface area contributed by atoms with Crippen LogP contribution in [-0.4, -0.2) is 77.2 Å². The van der Waals surface area contributed by atoms with Gasteiger partial charge in [0.05, 0.1) is 41.1 Å². The summed E-state index contributed by atoms with van der Waals surface area (Å²) in [6.45, 7) is 16.8. The molecule has 0 radical (unpaired) electrons. The predicted octanol–water partition coefficient (Wildman–Crippen LogP) is 6.71. The Morgan fingerprint density at radius 2 is 1.88 bits per heavy atom. The van der Waals surface area contributed by atoms with E-state index in [1.807, 2.05) is 30.5 Å². The molecule has 280 valence electrons. The third-order valence-corrected chi connectivity index (χ3v) is 13.5. The monoisotopic (exact) mass is 752 g/mol. The number of hydrogen-bond acceptors (Lipinski definition) is 11. The number of amides is 2. The summed E-state index contributed by atoms with van der Waals surface area (Å²) in [4.78, 5) is 52.6. The van der Waals surface area contributed by atoms with Crippen LogP contribution in [0, 0.1) is 18.3 Å². The molecule has 1 aromatic carbocycles. The molecule has 3 aromatic rings. The lowest BCUT2D eigenvalue weighted by Gasteiger charge is -2.28. The average molecular weight is 753 g/mol. The van der Waals surface area contributed by atoms with Crippen molar-refractivity contribution in [2.24, 2.45) is 11.3 Å². The molecule has 0 spiro atoms. The van der Waals surface area contributed by atoms with Gasteiger partial charge in [-0.05, 0) is 77.8 Å². The molecule has 6 rings (SSSR count). The highest BCUT2D eigenvalue weighted by Crippen LogP contribution is 2.57. The third kappa shape index (κ3) is 7.15. The number of Topliss-reactive ketones (excluding diaryl/α,β-unsaturated/α-hetero) is 1. The van der Waals surface area contributed by atoms with Crippen molar-refractivity contribution in [3.8, 4) is 22.2 Å². The number of nitrogens with zero attached hydrogens (tertiary/aromatic N) is 3. The van der Waals surface area contributed by atoms with Crippen LogP contribution in [0.3, 0.4) is 0 Å². The van der Waals surface area contributed by atoms with E-state index in [0.29, 0.717) is 35.6 Å². The van der Waals surface area contributed by atoms with E-state index in [0.717, 1.165) is 21.7 Å². The first kappa shape index (κ1) is 37.7. The number of methoxy groups -OCH3 is 1. The van der Waals surface area contributed by atoms with Crippen LogP contribution in [0.25, 0.3) is 21.6 Å². The summed E-state index contributed by atoms with van der Waals surface area (Å²) < 4.78 is 45.2. The number of benzene rings is 1. The van der Waals surface area contributed by atoms with Crippen LogP contribution in [0.2, 0.25) is 0 Å². The number of pyridine rings is 1. The minimum atomic E-state index is -3.92.